The van der Waals surface area contributed by atoms with Gasteiger partial charge in [0.15, 0.2) is 0 Å². The quantitative estimate of drug-likeness (QED) is 0.500. The summed E-state index contributed by atoms with van der Waals surface area (Å²) in [4.78, 5) is 16.2. The van der Waals surface area contributed by atoms with Crippen LogP contribution in [0.5, 0.6) is 5.75 Å². The fraction of sp³-hybridized carbons (Fsp3) is 0.611. The molecule has 5 nitrogen and oxygen atoms in total. The lowest BCUT2D eigenvalue weighted by Gasteiger charge is -2.36. The molecule has 1 aromatic carbocycles. The van der Waals surface area contributed by atoms with Gasteiger partial charge >= 0.3 is 5.97 Å². The summed E-state index contributed by atoms with van der Waals surface area (Å²) in [5.41, 5.74) is 1.18. The first kappa shape index (κ1) is 23.8. The average molecular weight is 393 g/mol. The number of halogens is 2. The van der Waals surface area contributed by atoms with Gasteiger partial charge in [-0.15, -0.1) is 24.8 Å². The molecule has 2 rings (SSSR count). The van der Waals surface area contributed by atoms with Crippen LogP contribution in [0.4, 0.5) is 5.69 Å². The highest BCUT2D eigenvalue weighted by molar-refractivity contribution is 5.85. The van der Waals surface area contributed by atoms with E-state index in [0.717, 1.165) is 51.3 Å². The molecule has 1 saturated heterocycles. The SMILES string of the molecule is CCOC(=O)CCCCN1CCN(c2ccccc2OC)CC1.Cl.Cl. The van der Waals surface area contributed by atoms with E-state index in [1.165, 1.54) is 5.69 Å². The summed E-state index contributed by atoms with van der Waals surface area (Å²) >= 11 is 0. The Morgan fingerprint density at radius 2 is 1.76 bits per heavy atom. The molecule has 1 aliphatic heterocycles. The van der Waals surface area contributed by atoms with E-state index in [9.17, 15) is 4.79 Å². The van der Waals surface area contributed by atoms with Gasteiger partial charge in [-0.25, -0.2) is 0 Å². The number of benzene rings is 1. The molecule has 0 saturated carbocycles. The molecule has 144 valence electrons. The number of para-hydroxylation sites is 2. The Morgan fingerprint density at radius 3 is 2.40 bits per heavy atom. The highest BCUT2D eigenvalue weighted by Gasteiger charge is 2.19. The van der Waals surface area contributed by atoms with Gasteiger partial charge in [0.2, 0.25) is 0 Å². The summed E-state index contributed by atoms with van der Waals surface area (Å²) in [7, 11) is 1.72. The van der Waals surface area contributed by atoms with Gasteiger partial charge in [0.1, 0.15) is 5.75 Å². The molecular weight excluding hydrogens is 363 g/mol. The van der Waals surface area contributed by atoms with Crippen LogP contribution in [0.25, 0.3) is 0 Å². The van der Waals surface area contributed by atoms with E-state index >= 15 is 0 Å². The average Bonchev–Trinajstić information content (AvgIpc) is 2.59. The number of rotatable bonds is 8. The number of carbonyl (C=O) groups is 1. The molecule has 0 aromatic heterocycles. The first-order valence-electron chi connectivity index (χ1n) is 8.50. The number of nitrogens with zero attached hydrogens (tertiary/aromatic N) is 2. The molecule has 0 aliphatic carbocycles. The van der Waals surface area contributed by atoms with Crippen LogP contribution in [0, 0.1) is 0 Å². The molecule has 1 aromatic rings. The number of hydrogen-bond donors (Lipinski definition) is 0. The van der Waals surface area contributed by atoms with Crippen molar-refractivity contribution in [2.24, 2.45) is 0 Å². The van der Waals surface area contributed by atoms with Crippen LogP contribution in [0.2, 0.25) is 0 Å². The maximum Gasteiger partial charge on any atom is 0.305 e. The molecule has 0 atom stereocenters. The Labute approximate surface area is 163 Å². The summed E-state index contributed by atoms with van der Waals surface area (Å²) < 4.78 is 10.4. The van der Waals surface area contributed by atoms with E-state index in [2.05, 4.69) is 21.9 Å². The predicted molar refractivity (Wildman–Crippen MR) is 107 cm³/mol. The molecule has 0 bridgehead atoms. The summed E-state index contributed by atoms with van der Waals surface area (Å²) in [6, 6.07) is 8.19. The second kappa shape index (κ2) is 13.1. The Morgan fingerprint density at radius 1 is 1.08 bits per heavy atom. The molecule has 0 radical (unpaired) electrons. The lowest BCUT2D eigenvalue weighted by molar-refractivity contribution is -0.143. The lowest BCUT2D eigenvalue weighted by Crippen LogP contribution is -2.46. The highest BCUT2D eigenvalue weighted by Crippen LogP contribution is 2.28. The van der Waals surface area contributed by atoms with Crippen molar-refractivity contribution in [2.75, 3.05) is 51.3 Å². The van der Waals surface area contributed by atoms with Crippen molar-refractivity contribution in [1.82, 2.24) is 4.90 Å². The fourth-order valence-electron chi connectivity index (χ4n) is 2.94. The van der Waals surface area contributed by atoms with Gasteiger partial charge < -0.3 is 14.4 Å². The van der Waals surface area contributed by atoms with E-state index in [0.29, 0.717) is 13.0 Å². The Bertz CT molecular complexity index is 495. The Hall–Kier alpha value is -1.17. The van der Waals surface area contributed by atoms with E-state index in [4.69, 9.17) is 9.47 Å². The van der Waals surface area contributed by atoms with Gasteiger partial charge in [-0.05, 0) is 38.4 Å². The maximum atomic E-state index is 11.3. The number of methoxy groups -OCH3 is 1. The number of esters is 1. The van der Waals surface area contributed by atoms with E-state index < -0.39 is 0 Å². The summed E-state index contributed by atoms with van der Waals surface area (Å²) in [6.07, 6.45) is 2.49. The van der Waals surface area contributed by atoms with Gasteiger partial charge in [-0.1, -0.05) is 12.1 Å². The second-order valence-corrected chi connectivity index (χ2v) is 5.76. The monoisotopic (exact) mass is 392 g/mol. The standard InChI is InChI=1S/C18H28N2O3.2ClH/c1-3-23-18(21)10-6-7-11-19-12-14-20(15-13-19)16-8-4-5-9-17(16)22-2;;/h4-5,8-9H,3,6-7,10-15H2,1-2H3;2*1H. The minimum absolute atomic E-state index is 0. The van der Waals surface area contributed by atoms with Crippen molar-refractivity contribution in [3.05, 3.63) is 24.3 Å². The van der Waals surface area contributed by atoms with Gasteiger partial charge in [0.05, 0.1) is 19.4 Å². The number of unbranched alkanes of at least 4 members (excludes halogenated alkanes) is 1. The number of anilines is 1. The van der Waals surface area contributed by atoms with E-state index in [1.54, 1.807) is 7.11 Å². The highest BCUT2D eigenvalue weighted by atomic mass is 35.5. The summed E-state index contributed by atoms with van der Waals surface area (Å²) in [5, 5.41) is 0. The van der Waals surface area contributed by atoms with Crippen molar-refractivity contribution < 1.29 is 14.3 Å². The van der Waals surface area contributed by atoms with Gasteiger partial charge in [-0.2, -0.15) is 0 Å². The predicted octanol–water partition coefficient (Wildman–Crippen LogP) is 3.39. The molecule has 0 spiro atoms. The van der Waals surface area contributed by atoms with Crippen LogP contribution in [-0.2, 0) is 9.53 Å². The largest absolute Gasteiger partial charge is 0.495 e. The number of hydrogen-bond acceptors (Lipinski definition) is 5. The molecule has 0 N–H and O–H groups in total. The third kappa shape index (κ3) is 7.72. The first-order valence-corrected chi connectivity index (χ1v) is 8.50. The van der Waals surface area contributed by atoms with E-state index in [-0.39, 0.29) is 30.8 Å². The van der Waals surface area contributed by atoms with Crippen LogP contribution < -0.4 is 9.64 Å². The van der Waals surface area contributed by atoms with Crippen molar-refractivity contribution in [2.45, 2.75) is 26.2 Å². The Kier molecular flexibility index (Phi) is 12.5. The Balaban J connectivity index is 0.00000288. The molecule has 7 heteroatoms. The third-order valence-electron chi connectivity index (χ3n) is 4.21. The number of carbonyl (C=O) groups excluding carboxylic acids is 1. The van der Waals surface area contributed by atoms with Crippen molar-refractivity contribution in [1.29, 1.82) is 0 Å². The van der Waals surface area contributed by atoms with Crippen LogP contribution in [0.1, 0.15) is 26.2 Å². The lowest BCUT2D eigenvalue weighted by atomic mass is 10.2. The smallest absolute Gasteiger partial charge is 0.305 e. The minimum Gasteiger partial charge on any atom is -0.495 e. The van der Waals surface area contributed by atoms with Crippen molar-refractivity contribution in [3.63, 3.8) is 0 Å². The molecular formula is C18H30Cl2N2O3. The second-order valence-electron chi connectivity index (χ2n) is 5.76. The van der Waals surface area contributed by atoms with Crippen LogP contribution in [0.15, 0.2) is 24.3 Å². The molecule has 0 unspecified atom stereocenters. The first-order chi connectivity index (χ1) is 11.2. The topological polar surface area (TPSA) is 42.0 Å². The van der Waals surface area contributed by atoms with Crippen molar-refractivity contribution >= 4 is 36.5 Å². The van der Waals surface area contributed by atoms with E-state index in [1.807, 2.05) is 19.1 Å². The number of piperazine rings is 1. The normalized spacial score (nSPS) is 14.2. The van der Waals surface area contributed by atoms with Gasteiger partial charge in [0.25, 0.3) is 0 Å². The molecule has 0 amide bonds. The zero-order chi connectivity index (χ0) is 16.5. The van der Waals surface area contributed by atoms with Crippen molar-refractivity contribution in [3.8, 4) is 5.75 Å². The zero-order valence-corrected chi connectivity index (χ0v) is 16.7. The van der Waals surface area contributed by atoms with Crippen LogP contribution in [0.3, 0.4) is 0 Å². The maximum absolute atomic E-state index is 11.3. The summed E-state index contributed by atoms with van der Waals surface area (Å²) in [5.74, 6) is 0.865. The summed E-state index contributed by atoms with van der Waals surface area (Å²) in [6.45, 7) is 7.51. The number of ether oxygens (including phenoxy) is 2. The molecule has 1 fully saturated rings. The third-order valence-corrected chi connectivity index (χ3v) is 4.21. The van der Waals surface area contributed by atoms with Gasteiger partial charge in [-0.3, -0.25) is 9.69 Å². The molecule has 1 aliphatic rings. The minimum atomic E-state index is -0.0755. The van der Waals surface area contributed by atoms with Crippen LogP contribution in [-0.4, -0.2) is 57.3 Å². The van der Waals surface area contributed by atoms with Crippen LogP contribution >= 0.6 is 24.8 Å². The molecule has 25 heavy (non-hydrogen) atoms. The molecule has 1 heterocycles. The van der Waals surface area contributed by atoms with Gasteiger partial charge in [0, 0.05) is 32.6 Å². The zero-order valence-electron chi connectivity index (χ0n) is 15.1. The fourth-order valence-corrected chi connectivity index (χ4v) is 2.94.